The first-order chi connectivity index (χ1) is 6.27. The third-order valence-corrected chi connectivity index (χ3v) is 2.47. The number of rotatable bonds is 1. The molecule has 13 heavy (non-hydrogen) atoms. The molecule has 1 heterocycles. The Morgan fingerprint density at radius 3 is 2.92 bits per heavy atom. The van der Waals surface area contributed by atoms with Crippen LogP contribution < -0.4 is 0 Å². The van der Waals surface area contributed by atoms with Crippen molar-refractivity contribution in [1.29, 1.82) is 0 Å². The van der Waals surface area contributed by atoms with Crippen LogP contribution in [-0.4, -0.2) is 20.2 Å². The molecule has 0 unspecified atom stereocenters. The Morgan fingerprint density at radius 2 is 2.31 bits per heavy atom. The summed E-state index contributed by atoms with van der Waals surface area (Å²) in [6, 6.07) is 7.91. The molecule has 0 saturated carbocycles. The minimum absolute atomic E-state index is 0.432. The highest BCUT2D eigenvalue weighted by molar-refractivity contribution is 14.1. The van der Waals surface area contributed by atoms with E-state index >= 15 is 0 Å². The van der Waals surface area contributed by atoms with Crippen molar-refractivity contribution in [2.75, 3.05) is 0 Å². The van der Waals surface area contributed by atoms with Gasteiger partial charge in [0, 0.05) is 3.57 Å². The molecule has 4 nitrogen and oxygen atoms in total. The zero-order valence-electron chi connectivity index (χ0n) is 6.44. The highest BCUT2D eigenvalue weighted by Crippen LogP contribution is 2.10. The number of aromatic amines is 1. The molecule has 0 amide bonds. The van der Waals surface area contributed by atoms with Gasteiger partial charge < -0.3 is 0 Å². The minimum atomic E-state index is 0.432. The second kappa shape index (κ2) is 3.54. The molecule has 1 N–H and O–H groups in total. The second-order valence-corrected chi connectivity index (χ2v) is 4.01. The van der Waals surface area contributed by atoms with Crippen molar-refractivity contribution in [3.05, 3.63) is 32.6 Å². The number of nitrogens with one attached hydrogen (secondary N) is 1. The molecule has 0 aliphatic rings. The molecule has 0 aliphatic carbocycles. The summed E-state index contributed by atoms with van der Waals surface area (Å²) < 4.78 is 3.23. The Balaban J connectivity index is 2.59. The third kappa shape index (κ3) is 1.78. The van der Waals surface area contributed by atoms with Gasteiger partial charge in [-0.25, -0.2) is 4.68 Å². The Bertz CT molecular complexity index is 475. The predicted molar refractivity (Wildman–Crippen MR) is 59.3 cm³/mol. The van der Waals surface area contributed by atoms with Gasteiger partial charge in [-0.2, -0.15) is 5.21 Å². The Morgan fingerprint density at radius 1 is 1.46 bits per heavy atom. The predicted octanol–water partition coefficient (Wildman–Crippen LogP) is 1.93. The average Bonchev–Trinajstić information content (AvgIpc) is 2.51. The van der Waals surface area contributed by atoms with E-state index < -0.39 is 0 Å². The standard InChI is InChI=1S/C7H5IN4S/c8-5-2-1-3-6(4-5)12-7(13)9-10-11-12/h1-4H,(H,9,11,13). The van der Waals surface area contributed by atoms with E-state index in [4.69, 9.17) is 12.2 Å². The number of H-pyrrole nitrogens is 1. The van der Waals surface area contributed by atoms with Crippen LogP contribution in [0.2, 0.25) is 0 Å². The quantitative estimate of drug-likeness (QED) is 0.647. The van der Waals surface area contributed by atoms with Crippen LogP contribution in [0.3, 0.4) is 0 Å². The van der Waals surface area contributed by atoms with Crippen molar-refractivity contribution in [1.82, 2.24) is 20.2 Å². The average molecular weight is 304 g/mol. The van der Waals surface area contributed by atoms with Crippen molar-refractivity contribution in [3.63, 3.8) is 0 Å². The first-order valence-electron chi connectivity index (χ1n) is 3.53. The summed E-state index contributed by atoms with van der Waals surface area (Å²) in [6.45, 7) is 0. The van der Waals surface area contributed by atoms with Crippen molar-refractivity contribution >= 4 is 34.8 Å². The first-order valence-corrected chi connectivity index (χ1v) is 5.02. The molecule has 2 aromatic rings. The number of benzene rings is 1. The van der Waals surface area contributed by atoms with Crippen molar-refractivity contribution in [2.45, 2.75) is 0 Å². The van der Waals surface area contributed by atoms with Gasteiger partial charge in [-0.15, -0.1) is 0 Å². The molecular weight excluding hydrogens is 299 g/mol. The van der Waals surface area contributed by atoms with Crippen molar-refractivity contribution < 1.29 is 0 Å². The van der Waals surface area contributed by atoms with Gasteiger partial charge in [0.25, 0.3) is 0 Å². The fourth-order valence-corrected chi connectivity index (χ4v) is 1.69. The van der Waals surface area contributed by atoms with Gasteiger partial charge in [-0.1, -0.05) is 16.4 Å². The number of tetrazole rings is 1. The highest BCUT2D eigenvalue weighted by atomic mass is 127. The summed E-state index contributed by atoms with van der Waals surface area (Å²) in [5.41, 5.74) is 0.946. The Labute approximate surface area is 93.1 Å². The lowest BCUT2D eigenvalue weighted by molar-refractivity contribution is 0.785. The van der Waals surface area contributed by atoms with Gasteiger partial charge in [-0.3, -0.25) is 0 Å². The van der Waals surface area contributed by atoms with E-state index in [0.29, 0.717) is 4.77 Å². The second-order valence-electron chi connectivity index (χ2n) is 2.40. The fraction of sp³-hybridized carbons (Fsp3) is 0. The third-order valence-electron chi connectivity index (χ3n) is 1.54. The fourth-order valence-electron chi connectivity index (χ4n) is 0.981. The summed E-state index contributed by atoms with van der Waals surface area (Å²) in [7, 11) is 0. The van der Waals surface area contributed by atoms with E-state index in [1.807, 2.05) is 24.3 Å². The molecule has 0 spiro atoms. The monoisotopic (exact) mass is 304 g/mol. The van der Waals surface area contributed by atoms with Gasteiger partial charge in [0.1, 0.15) is 0 Å². The summed E-state index contributed by atoms with van der Waals surface area (Å²) in [5, 5.41) is 10.00. The molecule has 0 bridgehead atoms. The molecule has 6 heteroatoms. The van der Waals surface area contributed by atoms with E-state index in [-0.39, 0.29) is 0 Å². The van der Waals surface area contributed by atoms with Crippen LogP contribution in [-0.2, 0) is 0 Å². The van der Waals surface area contributed by atoms with Crippen LogP contribution in [0.1, 0.15) is 0 Å². The van der Waals surface area contributed by atoms with Crippen LogP contribution >= 0.6 is 34.8 Å². The molecule has 1 aromatic carbocycles. The van der Waals surface area contributed by atoms with Gasteiger partial charge >= 0.3 is 0 Å². The molecule has 1 aromatic heterocycles. The van der Waals surface area contributed by atoms with Crippen LogP contribution in [0.5, 0.6) is 0 Å². The van der Waals surface area contributed by atoms with Gasteiger partial charge in [0.2, 0.25) is 4.77 Å². The van der Waals surface area contributed by atoms with Crippen LogP contribution in [0, 0.1) is 8.34 Å². The SMILES string of the molecule is S=c1nn[nH]n1-c1cccc(I)c1. The van der Waals surface area contributed by atoms with Crippen LogP contribution in [0.4, 0.5) is 0 Å². The maximum atomic E-state index is 4.97. The van der Waals surface area contributed by atoms with Gasteiger partial charge in [0.05, 0.1) is 5.69 Å². The van der Waals surface area contributed by atoms with E-state index in [9.17, 15) is 0 Å². The molecule has 0 atom stereocenters. The summed E-state index contributed by atoms with van der Waals surface area (Å²) >= 11 is 7.21. The van der Waals surface area contributed by atoms with Crippen LogP contribution in [0.15, 0.2) is 24.3 Å². The smallest absolute Gasteiger partial charge is 0.210 e. The molecule has 66 valence electrons. The number of nitrogens with zero attached hydrogens (tertiary/aromatic N) is 3. The van der Waals surface area contributed by atoms with Crippen molar-refractivity contribution in [3.8, 4) is 5.69 Å². The van der Waals surface area contributed by atoms with Gasteiger partial charge in [-0.05, 0) is 53.0 Å². The van der Waals surface area contributed by atoms with Gasteiger partial charge in [0.15, 0.2) is 0 Å². The van der Waals surface area contributed by atoms with E-state index in [2.05, 4.69) is 38.1 Å². The minimum Gasteiger partial charge on any atom is -0.210 e. The number of hydrogen-bond donors (Lipinski definition) is 1. The summed E-state index contributed by atoms with van der Waals surface area (Å²) in [5.74, 6) is 0. The summed E-state index contributed by atoms with van der Waals surface area (Å²) in [4.78, 5) is 0. The molecule has 0 aliphatic heterocycles. The molecule has 0 radical (unpaired) electrons. The number of halogens is 1. The first kappa shape index (κ1) is 8.82. The molecular formula is C7H5IN4S. The molecule has 0 fully saturated rings. The number of aromatic nitrogens is 4. The maximum Gasteiger partial charge on any atom is 0.242 e. The largest absolute Gasteiger partial charge is 0.242 e. The van der Waals surface area contributed by atoms with E-state index in [1.165, 1.54) is 0 Å². The Hall–Kier alpha value is -0.760. The lowest BCUT2D eigenvalue weighted by Gasteiger charge is -1.99. The number of hydrogen-bond acceptors (Lipinski definition) is 3. The zero-order chi connectivity index (χ0) is 9.26. The van der Waals surface area contributed by atoms with Crippen LogP contribution in [0.25, 0.3) is 5.69 Å². The maximum absolute atomic E-state index is 4.97. The lowest BCUT2D eigenvalue weighted by atomic mass is 10.3. The highest BCUT2D eigenvalue weighted by Gasteiger charge is 1.98. The normalized spacial score (nSPS) is 10.2. The lowest BCUT2D eigenvalue weighted by Crippen LogP contribution is -1.96. The van der Waals surface area contributed by atoms with E-state index in [1.54, 1.807) is 4.68 Å². The topological polar surface area (TPSA) is 46.5 Å². The van der Waals surface area contributed by atoms with Crippen molar-refractivity contribution in [2.24, 2.45) is 0 Å². The summed E-state index contributed by atoms with van der Waals surface area (Å²) in [6.07, 6.45) is 0. The van der Waals surface area contributed by atoms with E-state index in [0.717, 1.165) is 9.26 Å². The zero-order valence-corrected chi connectivity index (χ0v) is 9.41. The molecule has 2 rings (SSSR count). The molecule has 0 saturated heterocycles. The Kier molecular flexibility index (Phi) is 2.40.